The van der Waals surface area contributed by atoms with Gasteiger partial charge < -0.3 is 11.1 Å². The molecule has 0 heterocycles. The van der Waals surface area contributed by atoms with Crippen molar-refractivity contribution < 1.29 is 9.18 Å². The standard InChI is InChI=1S/C11H12FN3O/c12-10-4-8(6-13)3-9(5-10)7-15-2-1-11(14)16/h3-5,15H,1-2,7H2,(H2,14,16). The number of carbonyl (C=O) groups excluding carboxylic acids is 1. The molecule has 5 heteroatoms. The van der Waals surface area contributed by atoms with E-state index >= 15 is 0 Å². The predicted molar refractivity (Wildman–Crippen MR) is 56.6 cm³/mol. The molecule has 3 N–H and O–H groups in total. The van der Waals surface area contributed by atoms with Crippen molar-refractivity contribution in [3.63, 3.8) is 0 Å². The summed E-state index contributed by atoms with van der Waals surface area (Å²) in [4.78, 5) is 10.4. The number of benzene rings is 1. The van der Waals surface area contributed by atoms with Crippen LogP contribution in [0.2, 0.25) is 0 Å². The quantitative estimate of drug-likeness (QED) is 0.717. The first kappa shape index (κ1) is 12.1. The normalized spacial score (nSPS) is 9.75. The Kier molecular flexibility index (Phi) is 4.42. The molecule has 1 rings (SSSR count). The minimum atomic E-state index is -0.439. The van der Waals surface area contributed by atoms with Gasteiger partial charge in [-0.2, -0.15) is 5.26 Å². The molecule has 84 valence electrons. The number of rotatable bonds is 5. The van der Waals surface area contributed by atoms with Crippen LogP contribution in [0.4, 0.5) is 4.39 Å². The summed E-state index contributed by atoms with van der Waals surface area (Å²) >= 11 is 0. The van der Waals surface area contributed by atoms with Crippen molar-refractivity contribution in [2.45, 2.75) is 13.0 Å². The van der Waals surface area contributed by atoms with E-state index in [9.17, 15) is 9.18 Å². The van der Waals surface area contributed by atoms with Gasteiger partial charge in [0.2, 0.25) is 5.91 Å². The van der Waals surface area contributed by atoms with E-state index in [1.807, 2.05) is 6.07 Å². The fourth-order valence-corrected chi connectivity index (χ4v) is 1.26. The third kappa shape index (κ3) is 4.07. The second-order valence-corrected chi connectivity index (χ2v) is 3.35. The molecule has 0 bridgehead atoms. The van der Waals surface area contributed by atoms with Gasteiger partial charge in [-0.1, -0.05) is 0 Å². The van der Waals surface area contributed by atoms with Crippen LogP contribution in [0.25, 0.3) is 0 Å². The van der Waals surface area contributed by atoms with Crippen molar-refractivity contribution in [2.24, 2.45) is 5.73 Å². The van der Waals surface area contributed by atoms with Gasteiger partial charge in [-0.05, 0) is 23.8 Å². The van der Waals surface area contributed by atoms with Crippen LogP contribution in [0.15, 0.2) is 18.2 Å². The molecule has 0 radical (unpaired) electrons. The summed E-state index contributed by atoms with van der Waals surface area (Å²) in [6.07, 6.45) is 0.237. The summed E-state index contributed by atoms with van der Waals surface area (Å²) in [6.45, 7) is 0.841. The van der Waals surface area contributed by atoms with Gasteiger partial charge in [0.05, 0.1) is 11.6 Å². The highest BCUT2D eigenvalue weighted by Gasteiger charge is 2.00. The number of nitrogens with one attached hydrogen (secondary N) is 1. The minimum absolute atomic E-state index is 0.237. The Bertz CT molecular complexity index is 426. The number of amides is 1. The molecule has 0 unspecified atom stereocenters. The fourth-order valence-electron chi connectivity index (χ4n) is 1.26. The van der Waals surface area contributed by atoms with E-state index in [0.29, 0.717) is 18.7 Å². The third-order valence-electron chi connectivity index (χ3n) is 1.96. The maximum Gasteiger partial charge on any atom is 0.218 e. The number of hydrogen-bond donors (Lipinski definition) is 2. The van der Waals surface area contributed by atoms with E-state index in [4.69, 9.17) is 11.0 Å². The van der Waals surface area contributed by atoms with Crippen molar-refractivity contribution in [3.8, 4) is 6.07 Å². The molecule has 0 aliphatic carbocycles. The zero-order chi connectivity index (χ0) is 12.0. The lowest BCUT2D eigenvalue weighted by Gasteiger charge is -2.04. The first-order valence-electron chi connectivity index (χ1n) is 4.80. The van der Waals surface area contributed by atoms with Crippen LogP contribution >= 0.6 is 0 Å². The SMILES string of the molecule is N#Cc1cc(F)cc(CNCCC(N)=O)c1. The Morgan fingerprint density at radius 1 is 1.50 bits per heavy atom. The van der Waals surface area contributed by atoms with Gasteiger partial charge in [0.1, 0.15) is 5.82 Å². The van der Waals surface area contributed by atoms with Crippen LogP contribution in [-0.4, -0.2) is 12.5 Å². The summed E-state index contributed by atoms with van der Waals surface area (Å²) < 4.78 is 13.0. The van der Waals surface area contributed by atoms with Crippen LogP contribution in [0.5, 0.6) is 0 Å². The highest BCUT2D eigenvalue weighted by Crippen LogP contribution is 2.08. The number of halogens is 1. The van der Waals surface area contributed by atoms with Crippen LogP contribution in [-0.2, 0) is 11.3 Å². The van der Waals surface area contributed by atoms with Gasteiger partial charge in [-0.3, -0.25) is 4.79 Å². The topological polar surface area (TPSA) is 78.9 Å². The van der Waals surface area contributed by atoms with Gasteiger partial charge in [0, 0.05) is 19.5 Å². The number of primary amides is 1. The molecule has 0 atom stereocenters. The molecule has 0 aliphatic rings. The van der Waals surface area contributed by atoms with Gasteiger partial charge in [-0.15, -0.1) is 0 Å². The van der Waals surface area contributed by atoms with Gasteiger partial charge in [-0.25, -0.2) is 4.39 Å². The Balaban J connectivity index is 2.51. The second kappa shape index (κ2) is 5.83. The first-order chi connectivity index (χ1) is 7.61. The molecule has 1 aromatic carbocycles. The van der Waals surface area contributed by atoms with Crippen LogP contribution in [0, 0.1) is 17.1 Å². The number of carbonyl (C=O) groups is 1. The van der Waals surface area contributed by atoms with Crippen LogP contribution in [0.3, 0.4) is 0 Å². The predicted octanol–water partition coefficient (Wildman–Crippen LogP) is 0.662. The Labute approximate surface area is 92.9 Å². The highest BCUT2D eigenvalue weighted by molar-refractivity contribution is 5.73. The largest absolute Gasteiger partial charge is 0.370 e. The van der Waals surface area contributed by atoms with Crippen molar-refractivity contribution >= 4 is 5.91 Å². The Morgan fingerprint density at radius 2 is 2.25 bits per heavy atom. The number of nitrogens with zero attached hydrogens (tertiary/aromatic N) is 1. The summed E-state index contributed by atoms with van der Waals surface area (Å²) in [6, 6.07) is 5.99. The maximum atomic E-state index is 13.0. The smallest absolute Gasteiger partial charge is 0.218 e. The Hall–Kier alpha value is -1.93. The molecule has 0 saturated carbocycles. The van der Waals surface area contributed by atoms with E-state index in [2.05, 4.69) is 5.32 Å². The highest BCUT2D eigenvalue weighted by atomic mass is 19.1. The van der Waals surface area contributed by atoms with Gasteiger partial charge in [0.15, 0.2) is 0 Å². The number of nitriles is 1. The fraction of sp³-hybridized carbons (Fsp3) is 0.273. The average Bonchev–Trinajstić information content (AvgIpc) is 2.23. The number of hydrogen-bond acceptors (Lipinski definition) is 3. The van der Waals surface area contributed by atoms with Crippen LogP contribution in [0.1, 0.15) is 17.5 Å². The van der Waals surface area contributed by atoms with E-state index in [0.717, 1.165) is 0 Å². The summed E-state index contributed by atoms with van der Waals surface area (Å²) in [7, 11) is 0. The molecular formula is C11H12FN3O. The molecule has 0 saturated heterocycles. The average molecular weight is 221 g/mol. The summed E-state index contributed by atoms with van der Waals surface area (Å²) in [5.41, 5.74) is 5.91. The van der Waals surface area contributed by atoms with Crippen molar-refractivity contribution in [1.82, 2.24) is 5.32 Å². The van der Waals surface area contributed by atoms with Crippen molar-refractivity contribution in [2.75, 3.05) is 6.54 Å². The van der Waals surface area contributed by atoms with E-state index in [-0.39, 0.29) is 17.9 Å². The monoisotopic (exact) mass is 221 g/mol. The zero-order valence-electron chi connectivity index (χ0n) is 8.66. The van der Waals surface area contributed by atoms with Crippen molar-refractivity contribution in [1.29, 1.82) is 5.26 Å². The van der Waals surface area contributed by atoms with Gasteiger partial charge >= 0.3 is 0 Å². The van der Waals surface area contributed by atoms with E-state index in [1.165, 1.54) is 12.1 Å². The Morgan fingerprint density at radius 3 is 2.88 bits per heavy atom. The molecule has 4 nitrogen and oxygen atoms in total. The van der Waals surface area contributed by atoms with Crippen LogP contribution < -0.4 is 11.1 Å². The molecule has 1 aromatic rings. The van der Waals surface area contributed by atoms with Gasteiger partial charge in [0.25, 0.3) is 0 Å². The lowest BCUT2D eigenvalue weighted by molar-refractivity contribution is -0.117. The van der Waals surface area contributed by atoms with Crippen molar-refractivity contribution in [3.05, 3.63) is 35.1 Å². The summed E-state index contributed by atoms with van der Waals surface area (Å²) in [5.74, 6) is -0.824. The summed E-state index contributed by atoms with van der Waals surface area (Å²) in [5, 5.41) is 11.6. The molecule has 1 amide bonds. The van der Waals surface area contributed by atoms with E-state index < -0.39 is 5.82 Å². The minimum Gasteiger partial charge on any atom is -0.370 e. The molecule has 0 aliphatic heterocycles. The zero-order valence-corrected chi connectivity index (χ0v) is 8.66. The lowest BCUT2D eigenvalue weighted by Crippen LogP contribution is -2.21. The lowest BCUT2D eigenvalue weighted by atomic mass is 10.1. The molecule has 0 spiro atoms. The molecule has 16 heavy (non-hydrogen) atoms. The molecule has 0 aromatic heterocycles. The third-order valence-corrected chi connectivity index (χ3v) is 1.96. The maximum absolute atomic E-state index is 13.0. The van der Waals surface area contributed by atoms with E-state index in [1.54, 1.807) is 6.07 Å². The second-order valence-electron chi connectivity index (χ2n) is 3.35. The number of nitrogens with two attached hydrogens (primary N) is 1. The molecular weight excluding hydrogens is 209 g/mol. The molecule has 0 fully saturated rings. The first-order valence-corrected chi connectivity index (χ1v) is 4.80.